The molecule has 1 saturated carbocycles. The monoisotopic (exact) mass is 386 g/mol. The number of rotatable bonds is 5. The van der Waals surface area contributed by atoms with Crippen molar-refractivity contribution in [3.8, 4) is 0 Å². The molecule has 0 bridgehead atoms. The number of aryl methyl sites for hydroxylation is 1. The van der Waals surface area contributed by atoms with Crippen molar-refractivity contribution in [3.63, 3.8) is 0 Å². The molecule has 3 aromatic rings. The maximum atomic E-state index is 13.9. The zero-order chi connectivity index (χ0) is 19.3. The van der Waals surface area contributed by atoms with E-state index < -0.39 is 9.84 Å². The van der Waals surface area contributed by atoms with Crippen LogP contribution in [0.15, 0.2) is 52.4 Å². The van der Waals surface area contributed by atoms with Gasteiger partial charge in [-0.05, 0) is 69.6 Å². The molecular formula is C21H23FN2O2S. The van der Waals surface area contributed by atoms with Gasteiger partial charge in [-0.1, -0.05) is 17.7 Å². The van der Waals surface area contributed by atoms with Crippen LogP contribution in [0.3, 0.4) is 0 Å². The highest BCUT2D eigenvalue weighted by Crippen LogP contribution is 2.52. The summed E-state index contributed by atoms with van der Waals surface area (Å²) < 4.78 is 40.6. The van der Waals surface area contributed by atoms with E-state index in [-0.39, 0.29) is 21.7 Å². The van der Waals surface area contributed by atoms with E-state index in [4.69, 9.17) is 0 Å². The first kappa shape index (κ1) is 18.2. The molecule has 4 rings (SSSR count). The predicted octanol–water partition coefficient (Wildman–Crippen LogP) is 4.11. The predicted molar refractivity (Wildman–Crippen MR) is 104 cm³/mol. The molecule has 0 unspecified atom stereocenters. The minimum Gasteiger partial charge on any atom is -0.345 e. The van der Waals surface area contributed by atoms with Crippen molar-refractivity contribution < 1.29 is 12.8 Å². The number of H-pyrrole nitrogens is 1. The van der Waals surface area contributed by atoms with Crippen LogP contribution < -0.4 is 0 Å². The summed E-state index contributed by atoms with van der Waals surface area (Å²) in [6.07, 6.45) is 0.915. The molecule has 0 amide bonds. The van der Waals surface area contributed by atoms with Crippen molar-refractivity contribution >= 4 is 20.7 Å². The van der Waals surface area contributed by atoms with Crippen LogP contribution in [0.1, 0.15) is 23.5 Å². The minimum absolute atomic E-state index is 0.123. The molecule has 0 radical (unpaired) electrons. The molecule has 0 spiro atoms. The van der Waals surface area contributed by atoms with E-state index in [9.17, 15) is 12.8 Å². The lowest BCUT2D eigenvalue weighted by molar-refractivity contribution is 0.385. The Morgan fingerprint density at radius 2 is 1.85 bits per heavy atom. The average Bonchev–Trinajstić information content (AvgIpc) is 3.23. The van der Waals surface area contributed by atoms with Crippen LogP contribution in [0.25, 0.3) is 10.9 Å². The zero-order valence-corrected chi connectivity index (χ0v) is 16.5. The highest BCUT2D eigenvalue weighted by atomic mass is 32.2. The zero-order valence-electron chi connectivity index (χ0n) is 15.7. The van der Waals surface area contributed by atoms with E-state index >= 15 is 0 Å². The molecule has 0 aliphatic heterocycles. The van der Waals surface area contributed by atoms with Gasteiger partial charge in [0.15, 0.2) is 0 Å². The molecule has 1 fully saturated rings. The Morgan fingerprint density at radius 1 is 1.15 bits per heavy atom. The van der Waals surface area contributed by atoms with Crippen LogP contribution in [0.2, 0.25) is 0 Å². The van der Waals surface area contributed by atoms with Gasteiger partial charge in [0, 0.05) is 23.0 Å². The molecule has 1 N–H and O–H groups in total. The lowest BCUT2D eigenvalue weighted by Gasteiger charge is -2.10. The number of aromatic nitrogens is 1. The van der Waals surface area contributed by atoms with Gasteiger partial charge in [0.1, 0.15) is 10.8 Å². The molecule has 1 aliphatic carbocycles. The van der Waals surface area contributed by atoms with Crippen LogP contribution in [0.5, 0.6) is 0 Å². The first-order valence-corrected chi connectivity index (χ1v) is 10.5. The van der Waals surface area contributed by atoms with Gasteiger partial charge in [0.25, 0.3) is 0 Å². The second-order valence-corrected chi connectivity index (χ2v) is 9.63. The maximum absolute atomic E-state index is 13.9. The molecule has 1 heterocycles. The number of hydrogen-bond donors (Lipinski definition) is 1. The van der Waals surface area contributed by atoms with Crippen LogP contribution in [-0.4, -0.2) is 38.9 Å². The largest absolute Gasteiger partial charge is 0.345 e. The fourth-order valence-corrected chi connectivity index (χ4v) is 5.37. The van der Waals surface area contributed by atoms with Crippen LogP contribution >= 0.6 is 0 Å². The van der Waals surface area contributed by atoms with Gasteiger partial charge in [-0.15, -0.1) is 0 Å². The van der Waals surface area contributed by atoms with E-state index in [2.05, 4.69) is 9.88 Å². The van der Waals surface area contributed by atoms with Crippen molar-refractivity contribution in [1.82, 2.24) is 9.88 Å². The Kier molecular flexibility index (Phi) is 4.35. The van der Waals surface area contributed by atoms with Crippen molar-refractivity contribution in [1.29, 1.82) is 0 Å². The third kappa shape index (κ3) is 3.28. The summed E-state index contributed by atoms with van der Waals surface area (Å²) in [4.78, 5) is 5.43. The number of halogens is 1. The SMILES string of the molecule is Cc1ccc(S(=O)(=O)c2[nH]c3ccc(F)cc3c2[C@@H]2C[C@H]2CN(C)C)cc1. The fraction of sp³-hybridized carbons (Fsp3) is 0.333. The highest BCUT2D eigenvalue weighted by molar-refractivity contribution is 7.91. The van der Waals surface area contributed by atoms with Gasteiger partial charge in [-0.25, -0.2) is 12.8 Å². The van der Waals surface area contributed by atoms with E-state index in [0.29, 0.717) is 16.8 Å². The second kappa shape index (κ2) is 6.46. The molecule has 0 saturated heterocycles. The summed E-state index contributed by atoms with van der Waals surface area (Å²) in [6, 6.07) is 11.3. The number of sulfone groups is 1. The molecular weight excluding hydrogens is 363 g/mol. The third-order valence-corrected chi connectivity index (χ3v) is 7.01. The molecule has 27 heavy (non-hydrogen) atoms. The van der Waals surface area contributed by atoms with Gasteiger partial charge < -0.3 is 9.88 Å². The number of nitrogens with one attached hydrogen (secondary N) is 1. The molecule has 2 atom stereocenters. The number of benzene rings is 2. The fourth-order valence-electron chi connectivity index (χ4n) is 3.85. The van der Waals surface area contributed by atoms with Crippen LogP contribution in [0.4, 0.5) is 4.39 Å². The Morgan fingerprint density at radius 3 is 2.52 bits per heavy atom. The number of nitrogens with zero attached hydrogens (tertiary/aromatic N) is 1. The standard InChI is InChI=1S/C21H23FN2O2S/c1-13-4-7-16(8-5-13)27(25,26)21-20(17-10-14(17)12-24(2)3)18-11-15(22)6-9-19(18)23-21/h4-9,11,14,17,23H,10,12H2,1-3H3/t14-,17+/m0/s1. The Labute approximate surface area is 158 Å². The van der Waals surface area contributed by atoms with Gasteiger partial charge >= 0.3 is 0 Å². The summed E-state index contributed by atoms with van der Waals surface area (Å²) in [5.74, 6) is 0.152. The van der Waals surface area contributed by atoms with Crippen molar-refractivity contribution in [2.24, 2.45) is 5.92 Å². The van der Waals surface area contributed by atoms with Crippen molar-refractivity contribution in [3.05, 3.63) is 59.4 Å². The highest BCUT2D eigenvalue weighted by Gasteiger charge is 2.43. The summed E-state index contributed by atoms with van der Waals surface area (Å²) in [6.45, 7) is 2.81. The molecule has 142 valence electrons. The quantitative estimate of drug-likeness (QED) is 0.718. The van der Waals surface area contributed by atoms with Gasteiger partial charge in [-0.2, -0.15) is 0 Å². The second-order valence-electron chi connectivity index (χ2n) is 7.74. The topological polar surface area (TPSA) is 53.2 Å². The lowest BCUT2D eigenvalue weighted by Crippen LogP contribution is -2.15. The third-order valence-electron chi connectivity index (χ3n) is 5.26. The summed E-state index contributed by atoms with van der Waals surface area (Å²) in [7, 11) is 0.307. The Hall–Kier alpha value is -2.18. The minimum atomic E-state index is -3.71. The normalized spacial score (nSPS) is 19.7. The van der Waals surface area contributed by atoms with Crippen LogP contribution in [-0.2, 0) is 9.84 Å². The van der Waals surface area contributed by atoms with Crippen LogP contribution in [0, 0.1) is 18.7 Å². The smallest absolute Gasteiger partial charge is 0.222 e. The summed E-state index contributed by atoms with van der Waals surface area (Å²) in [5.41, 5.74) is 2.39. The number of fused-ring (bicyclic) bond motifs is 1. The van der Waals surface area contributed by atoms with E-state index in [0.717, 1.165) is 24.1 Å². The molecule has 1 aromatic heterocycles. The summed E-state index contributed by atoms with van der Waals surface area (Å²) in [5, 5.41) is 0.880. The van der Waals surface area contributed by atoms with E-state index in [1.165, 1.54) is 12.1 Å². The summed E-state index contributed by atoms with van der Waals surface area (Å²) >= 11 is 0. The van der Waals surface area contributed by atoms with E-state index in [1.54, 1.807) is 30.3 Å². The number of aromatic amines is 1. The Balaban J connectivity index is 1.88. The average molecular weight is 386 g/mol. The number of hydrogen-bond acceptors (Lipinski definition) is 3. The van der Waals surface area contributed by atoms with Crippen molar-refractivity contribution in [2.75, 3.05) is 20.6 Å². The van der Waals surface area contributed by atoms with E-state index in [1.807, 2.05) is 21.0 Å². The first-order valence-electron chi connectivity index (χ1n) is 9.05. The van der Waals surface area contributed by atoms with Gasteiger partial charge in [0.2, 0.25) is 9.84 Å². The first-order chi connectivity index (χ1) is 12.8. The van der Waals surface area contributed by atoms with Gasteiger partial charge in [-0.3, -0.25) is 0 Å². The molecule has 2 aromatic carbocycles. The lowest BCUT2D eigenvalue weighted by atomic mass is 10.1. The Bertz CT molecular complexity index is 1100. The maximum Gasteiger partial charge on any atom is 0.222 e. The van der Waals surface area contributed by atoms with Crippen molar-refractivity contribution in [2.45, 2.75) is 29.2 Å². The molecule has 4 nitrogen and oxygen atoms in total. The molecule has 6 heteroatoms. The van der Waals surface area contributed by atoms with Gasteiger partial charge in [0.05, 0.1) is 4.90 Å². The molecule has 1 aliphatic rings.